The van der Waals surface area contributed by atoms with Crippen molar-refractivity contribution >= 4 is 49.3 Å². The van der Waals surface area contributed by atoms with E-state index in [1.165, 1.54) is 16.3 Å². The third-order valence-corrected chi connectivity index (χ3v) is 6.95. The van der Waals surface area contributed by atoms with Crippen LogP contribution in [0.15, 0.2) is 119 Å². The Kier molecular flexibility index (Phi) is 6.65. The molecule has 37 heavy (non-hydrogen) atoms. The summed E-state index contributed by atoms with van der Waals surface area (Å²) in [6, 6.07) is 23.2. The average Bonchev–Trinajstić information content (AvgIpc) is 3.50. The zero-order chi connectivity index (χ0) is 26.2. The molecule has 5 rings (SSSR count). The lowest BCUT2D eigenvalue weighted by Crippen LogP contribution is -2.14. The van der Waals surface area contributed by atoms with E-state index in [0.717, 1.165) is 38.6 Å². The summed E-state index contributed by atoms with van der Waals surface area (Å²) < 4.78 is 9.05. The normalized spacial score (nSPS) is 12.9. The summed E-state index contributed by atoms with van der Waals surface area (Å²) in [5.41, 5.74) is 5.46. The molecule has 0 saturated carbocycles. The van der Waals surface area contributed by atoms with E-state index < -0.39 is 0 Å². The molecule has 186 valence electrons. The molecule has 0 aliphatic carbocycles. The zero-order valence-corrected chi connectivity index (χ0v) is 23.2. The van der Waals surface area contributed by atoms with Gasteiger partial charge in [0.1, 0.15) is 5.82 Å². The van der Waals surface area contributed by atoms with E-state index >= 15 is 0 Å². The van der Waals surface area contributed by atoms with E-state index in [0.29, 0.717) is 0 Å². The highest BCUT2D eigenvalue weighted by Crippen LogP contribution is 2.38. The van der Waals surface area contributed by atoms with Crippen molar-refractivity contribution in [1.29, 1.82) is 0 Å². The maximum Gasteiger partial charge on any atom is 0.203 e. The molecule has 0 unspecified atom stereocenters. The summed E-state index contributed by atoms with van der Waals surface area (Å²) >= 11 is 3.61. The van der Waals surface area contributed by atoms with Gasteiger partial charge in [-0.15, -0.1) is 0 Å². The van der Waals surface area contributed by atoms with Crippen LogP contribution in [-0.4, -0.2) is 9.55 Å². The Bertz CT molecular complexity index is 1650. The number of halogens is 1. The van der Waals surface area contributed by atoms with Crippen molar-refractivity contribution in [3.05, 3.63) is 120 Å². The first-order valence-corrected chi connectivity index (χ1v) is 13.1. The Labute approximate surface area is 226 Å². The highest BCUT2D eigenvalue weighted by atomic mass is 79.9. The van der Waals surface area contributed by atoms with Gasteiger partial charge in [0, 0.05) is 33.2 Å². The second kappa shape index (κ2) is 9.91. The second-order valence-corrected chi connectivity index (χ2v) is 11.0. The number of hydrogen-bond acceptors (Lipinski definition) is 3. The Balaban J connectivity index is 1.77. The van der Waals surface area contributed by atoms with Gasteiger partial charge in [-0.25, -0.2) is 4.98 Å². The van der Waals surface area contributed by atoms with Crippen molar-refractivity contribution in [2.75, 3.05) is 4.90 Å². The van der Waals surface area contributed by atoms with E-state index in [1.54, 1.807) is 12.3 Å². The number of fused-ring (bicyclic) bond motifs is 3. The fourth-order valence-electron chi connectivity index (χ4n) is 4.68. The molecule has 5 heteroatoms. The number of anilines is 2. The average molecular weight is 553 g/mol. The largest absolute Gasteiger partial charge is 0.448 e. The molecule has 5 aromatic rings. The van der Waals surface area contributed by atoms with E-state index in [2.05, 4.69) is 120 Å². The molecular formula is C32H30BrN3O. The lowest BCUT2D eigenvalue weighted by atomic mass is 9.88. The van der Waals surface area contributed by atoms with Gasteiger partial charge in [-0.05, 0) is 66.5 Å². The van der Waals surface area contributed by atoms with Crippen LogP contribution in [0.25, 0.3) is 27.6 Å². The first-order valence-electron chi connectivity index (χ1n) is 12.3. The summed E-state index contributed by atoms with van der Waals surface area (Å²) in [4.78, 5) is 6.92. The maximum absolute atomic E-state index is 5.86. The van der Waals surface area contributed by atoms with E-state index in [1.807, 2.05) is 24.4 Å². The van der Waals surface area contributed by atoms with E-state index in [9.17, 15) is 0 Å². The molecule has 0 bridgehead atoms. The van der Waals surface area contributed by atoms with Gasteiger partial charge in [-0.3, -0.25) is 9.47 Å². The summed E-state index contributed by atoms with van der Waals surface area (Å²) in [5.74, 6) is 1.65. The van der Waals surface area contributed by atoms with Gasteiger partial charge >= 0.3 is 0 Å². The molecule has 0 amide bonds. The highest BCUT2D eigenvalue weighted by Gasteiger charge is 2.20. The zero-order valence-electron chi connectivity index (χ0n) is 21.6. The van der Waals surface area contributed by atoms with Crippen molar-refractivity contribution in [2.24, 2.45) is 0 Å². The molecule has 0 saturated heterocycles. The summed E-state index contributed by atoms with van der Waals surface area (Å²) in [7, 11) is 0. The van der Waals surface area contributed by atoms with Gasteiger partial charge in [-0.1, -0.05) is 73.6 Å². The Hall–Kier alpha value is -3.83. The fraction of sp³-hybridized carbons (Fsp3) is 0.156. The SMILES string of the molecule is C=C/C=C(Br)\C=C(/C)N(c1ccc2c3ccccc3n(-c3cc(C(C)(C)C)ccn3)c2c1)c1ccco1. The van der Waals surface area contributed by atoms with Crippen LogP contribution in [0.3, 0.4) is 0 Å². The monoisotopic (exact) mass is 551 g/mol. The van der Waals surface area contributed by atoms with Crippen LogP contribution in [0.1, 0.15) is 33.3 Å². The number of aromatic nitrogens is 2. The van der Waals surface area contributed by atoms with Gasteiger partial charge in [-0.2, -0.15) is 0 Å². The van der Waals surface area contributed by atoms with Gasteiger partial charge in [0.05, 0.1) is 23.0 Å². The number of pyridine rings is 1. The quantitative estimate of drug-likeness (QED) is 0.197. The predicted molar refractivity (Wildman–Crippen MR) is 159 cm³/mol. The van der Waals surface area contributed by atoms with Crippen molar-refractivity contribution in [1.82, 2.24) is 9.55 Å². The van der Waals surface area contributed by atoms with Crippen molar-refractivity contribution in [3.8, 4) is 5.82 Å². The van der Waals surface area contributed by atoms with Crippen LogP contribution in [0.4, 0.5) is 11.6 Å². The lowest BCUT2D eigenvalue weighted by molar-refractivity contribution is 0.570. The summed E-state index contributed by atoms with van der Waals surface area (Å²) in [6.07, 6.45) is 9.33. The number of rotatable bonds is 6. The number of nitrogens with zero attached hydrogens (tertiary/aromatic N) is 3. The molecule has 3 heterocycles. The van der Waals surface area contributed by atoms with Crippen LogP contribution in [-0.2, 0) is 5.41 Å². The van der Waals surface area contributed by atoms with Crippen molar-refractivity contribution < 1.29 is 4.42 Å². The van der Waals surface area contributed by atoms with Gasteiger partial charge in [0.2, 0.25) is 5.88 Å². The summed E-state index contributed by atoms with van der Waals surface area (Å²) in [6.45, 7) is 12.5. The van der Waals surface area contributed by atoms with E-state index in [-0.39, 0.29) is 5.41 Å². The second-order valence-electron chi connectivity index (χ2n) is 10.1. The van der Waals surface area contributed by atoms with E-state index in [4.69, 9.17) is 9.40 Å². The molecule has 0 fully saturated rings. The molecule has 3 aromatic heterocycles. The first-order chi connectivity index (χ1) is 17.8. The smallest absolute Gasteiger partial charge is 0.203 e. The molecule has 0 atom stereocenters. The molecular weight excluding hydrogens is 522 g/mol. The third-order valence-electron chi connectivity index (χ3n) is 6.46. The predicted octanol–water partition coefficient (Wildman–Crippen LogP) is 9.58. The van der Waals surface area contributed by atoms with Crippen LogP contribution in [0.5, 0.6) is 0 Å². The number of hydrogen-bond donors (Lipinski definition) is 0. The molecule has 0 aliphatic rings. The third kappa shape index (κ3) is 4.79. The lowest BCUT2D eigenvalue weighted by Gasteiger charge is -2.23. The highest BCUT2D eigenvalue weighted by molar-refractivity contribution is 9.11. The van der Waals surface area contributed by atoms with Crippen molar-refractivity contribution in [3.63, 3.8) is 0 Å². The van der Waals surface area contributed by atoms with Gasteiger partial charge in [0.15, 0.2) is 0 Å². The Morgan fingerprint density at radius 1 is 1.00 bits per heavy atom. The van der Waals surface area contributed by atoms with Crippen LogP contribution in [0.2, 0.25) is 0 Å². The Morgan fingerprint density at radius 3 is 2.51 bits per heavy atom. The number of furan rings is 1. The minimum absolute atomic E-state index is 0.0198. The molecule has 4 nitrogen and oxygen atoms in total. The van der Waals surface area contributed by atoms with Crippen molar-refractivity contribution in [2.45, 2.75) is 33.1 Å². The topological polar surface area (TPSA) is 34.2 Å². The van der Waals surface area contributed by atoms with Crippen LogP contribution in [0, 0.1) is 0 Å². The fourth-order valence-corrected chi connectivity index (χ4v) is 5.20. The van der Waals surface area contributed by atoms with Gasteiger partial charge in [0.25, 0.3) is 0 Å². The number of benzene rings is 2. The van der Waals surface area contributed by atoms with Gasteiger partial charge < -0.3 is 4.42 Å². The molecule has 0 N–H and O–H groups in total. The maximum atomic E-state index is 5.86. The van der Waals surface area contributed by atoms with Crippen LogP contribution < -0.4 is 4.90 Å². The molecule has 0 spiro atoms. The minimum atomic E-state index is 0.0198. The molecule has 2 aromatic carbocycles. The summed E-state index contributed by atoms with van der Waals surface area (Å²) in [5, 5.41) is 2.37. The van der Waals surface area contributed by atoms with Crippen LogP contribution >= 0.6 is 15.9 Å². The standard InChI is InChI=1S/C32H30BrN3O/c1-6-10-24(33)19-22(2)35(31-13-9-18-37-31)25-14-15-27-26-11-7-8-12-28(26)36(29(27)21-25)30-20-23(16-17-34-30)32(3,4)5/h6-21H,1H2,2-5H3/b22-19+,24-10+. The molecule has 0 aliphatic heterocycles. The number of allylic oxidation sites excluding steroid dienone is 5. The Morgan fingerprint density at radius 2 is 1.78 bits per heavy atom. The first kappa shape index (κ1) is 24.8. The number of para-hydroxylation sites is 1. The molecule has 0 radical (unpaired) electrons. The minimum Gasteiger partial charge on any atom is -0.448 e.